The van der Waals surface area contributed by atoms with E-state index in [0.717, 1.165) is 17.8 Å². The Balaban J connectivity index is 2.40. The third-order valence-electron chi connectivity index (χ3n) is 2.79. The number of aromatic nitrogens is 2. The van der Waals surface area contributed by atoms with Gasteiger partial charge in [-0.15, -0.1) is 0 Å². The minimum absolute atomic E-state index is 0.189. The molecule has 0 aromatic carbocycles. The molecule has 1 unspecified atom stereocenters. The molecule has 2 aromatic heterocycles. The van der Waals surface area contributed by atoms with Gasteiger partial charge >= 0.3 is 0 Å². The maximum atomic E-state index is 13.8. The molecule has 0 fully saturated rings. The molecule has 0 aliphatic carbocycles. The lowest BCUT2D eigenvalue weighted by Crippen LogP contribution is -2.23. The van der Waals surface area contributed by atoms with Crippen LogP contribution >= 0.6 is 0 Å². The van der Waals surface area contributed by atoms with Crippen LogP contribution in [0.3, 0.4) is 0 Å². The Morgan fingerprint density at radius 3 is 2.72 bits per heavy atom. The fourth-order valence-corrected chi connectivity index (χ4v) is 1.88. The minimum atomic E-state index is -0.302. The third kappa shape index (κ3) is 2.71. The molecule has 0 spiro atoms. The fourth-order valence-electron chi connectivity index (χ4n) is 1.88. The third-order valence-corrected chi connectivity index (χ3v) is 2.79. The smallest absolute Gasteiger partial charge is 0.146 e. The zero-order valence-electron chi connectivity index (χ0n) is 10.5. The fraction of sp³-hybridized carbons (Fsp3) is 0.286. The summed E-state index contributed by atoms with van der Waals surface area (Å²) >= 11 is 0. The van der Waals surface area contributed by atoms with Gasteiger partial charge in [0.05, 0.1) is 12.2 Å². The lowest BCUT2D eigenvalue weighted by Gasteiger charge is -2.19. The number of halogens is 1. The summed E-state index contributed by atoms with van der Waals surface area (Å²) in [5, 5.41) is 3.27. The van der Waals surface area contributed by atoms with Crippen LogP contribution < -0.4 is 5.32 Å². The van der Waals surface area contributed by atoms with Crippen molar-refractivity contribution in [2.45, 2.75) is 19.9 Å². The maximum absolute atomic E-state index is 13.8. The van der Waals surface area contributed by atoms with E-state index in [-0.39, 0.29) is 11.9 Å². The van der Waals surface area contributed by atoms with E-state index in [1.807, 2.05) is 26.0 Å². The second-order valence-electron chi connectivity index (χ2n) is 4.12. The molecule has 0 saturated carbocycles. The normalized spacial score (nSPS) is 12.4. The molecule has 0 saturated heterocycles. The second-order valence-corrected chi connectivity index (χ2v) is 4.12. The highest BCUT2D eigenvalue weighted by molar-refractivity contribution is 5.30. The SMILES string of the molecule is CCNC(c1ccc(C)nc1)c1ccncc1F. The Kier molecular flexibility index (Phi) is 3.99. The minimum Gasteiger partial charge on any atom is -0.306 e. The van der Waals surface area contributed by atoms with Gasteiger partial charge in [0, 0.05) is 23.7 Å². The molecule has 0 bridgehead atoms. The molecule has 2 aromatic rings. The average molecular weight is 245 g/mol. The van der Waals surface area contributed by atoms with E-state index in [9.17, 15) is 4.39 Å². The van der Waals surface area contributed by atoms with Crippen molar-refractivity contribution in [2.75, 3.05) is 6.54 Å². The number of hydrogen-bond acceptors (Lipinski definition) is 3. The largest absolute Gasteiger partial charge is 0.306 e. The van der Waals surface area contributed by atoms with Gasteiger partial charge in [-0.1, -0.05) is 13.0 Å². The number of hydrogen-bond donors (Lipinski definition) is 1. The van der Waals surface area contributed by atoms with Crippen molar-refractivity contribution in [1.82, 2.24) is 15.3 Å². The van der Waals surface area contributed by atoms with Crippen LogP contribution in [-0.4, -0.2) is 16.5 Å². The summed E-state index contributed by atoms with van der Waals surface area (Å²) in [4.78, 5) is 8.04. The van der Waals surface area contributed by atoms with Crippen molar-refractivity contribution in [3.8, 4) is 0 Å². The predicted octanol–water partition coefficient (Wildman–Crippen LogP) is 2.62. The quantitative estimate of drug-likeness (QED) is 0.899. The molecule has 94 valence electrons. The first-order valence-corrected chi connectivity index (χ1v) is 5.97. The van der Waals surface area contributed by atoms with Gasteiger partial charge in [-0.05, 0) is 31.2 Å². The standard InChI is InChI=1S/C14H16FN3/c1-3-17-14(11-5-4-10(2)18-8-11)12-6-7-16-9-13(12)15/h4-9,14,17H,3H2,1-2H3. The molecular weight excluding hydrogens is 229 g/mol. The molecule has 0 aliphatic rings. The Morgan fingerprint density at radius 1 is 1.28 bits per heavy atom. The molecule has 4 heteroatoms. The summed E-state index contributed by atoms with van der Waals surface area (Å²) < 4.78 is 13.8. The summed E-state index contributed by atoms with van der Waals surface area (Å²) in [6.07, 6.45) is 4.62. The molecular formula is C14H16FN3. The Bertz CT molecular complexity index is 511. The van der Waals surface area contributed by atoms with Crippen LogP contribution in [0.2, 0.25) is 0 Å². The van der Waals surface area contributed by atoms with Gasteiger partial charge in [0.1, 0.15) is 5.82 Å². The van der Waals surface area contributed by atoms with E-state index < -0.39 is 0 Å². The number of nitrogens with one attached hydrogen (secondary N) is 1. The molecule has 0 radical (unpaired) electrons. The van der Waals surface area contributed by atoms with Crippen LogP contribution in [-0.2, 0) is 0 Å². The number of nitrogens with zero attached hydrogens (tertiary/aromatic N) is 2. The van der Waals surface area contributed by atoms with Gasteiger partial charge in [0.25, 0.3) is 0 Å². The van der Waals surface area contributed by atoms with Gasteiger partial charge in [0.15, 0.2) is 0 Å². The molecule has 1 atom stereocenters. The van der Waals surface area contributed by atoms with Crippen LogP contribution in [0, 0.1) is 12.7 Å². The van der Waals surface area contributed by atoms with E-state index in [2.05, 4.69) is 15.3 Å². The lowest BCUT2D eigenvalue weighted by molar-refractivity contribution is 0.554. The second kappa shape index (κ2) is 5.69. The zero-order chi connectivity index (χ0) is 13.0. The first-order valence-electron chi connectivity index (χ1n) is 5.97. The number of pyridine rings is 2. The van der Waals surface area contributed by atoms with E-state index in [0.29, 0.717) is 5.56 Å². The van der Waals surface area contributed by atoms with Gasteiger partial charge < -0.3 is 5.32 Å². The monoisotopic (exact) mass is 245 g/mol. The van der Waals surface area contributed by atoms with Crippen molar-refractivity contribution >= 4 is 0 Å². The number of rotatable bonds is 4. The molecule has 2 heterocycles. The van der Waals surface area contributed by atoms with Crippen molar-refractivity contribution in [2.24, 2.45) is 0 Å². The van der Waals surface area contributed by atoms with Crippen LogP contribution in [0.5, 0.6) is 0 Å². The van der Waals surface area contributed by atoms with Gasteiger partial charge in [-0.25, -0.2) is 4.39 Å². The lowest BCUT2D eigenvalue weighted by atomic mass is 10.0. The summed E-state index contributed by atoms with van der Waals surface area (Å²) in [5.41, 5.74) is 2.49. The van der Waals surface area contributed by atoms with Crippen LogP contribution in [0.4, 0.5) is 4.39 Å². The Hall–Kier alpha value is -1.81. The van der Waals surface area contributed by atoms with Gasteiger partial charge in [0.2, 0.25) is 0 Å². The van der Waals surface area contributed by atoms with Gasteiger partial charge in [-0.3, -0.25) is 9.97 Å². The zero-order valence-corrected chi connectivity index (χ0v) is 10.5. The molecule has 18 heavy (non-hydrogen) atoms. The van der Waals surface area contributed by atoms with Crippen LogP contribution in [0.25, 0.3) is 0 Å². The van der Waals surface area contributed by atoms with E-state index in [1.54, 1.807) is 18.5 Å². The van der Waals surface area contributed by atoms with Gasteiger partial charge in [-0.2, -0.15) is 0 Å². The number of aryl methyl sites for hydroxylation is 1. The van der Waals surface area contributed by atoms with Crippen LogP contribution in [0.1, 0.15) is 29.8 Å². The first-order chi connectivity index (χ1) is 8.72. The molecule has 3 nitrogen and oxygen atoms in total. The van der Waals surface area contributed by atoms with Crippen molar-refractivity contribution in [3.05, 3.63) is 59.4 Å². The Labute approximate surface area is 106 Å². The highest BCUT2D eigenvalue weighted by Gasteiger charge is 2.16. The summed E-state index contributed by atoms with van der Waals surface area (Å²) in [5.74, 6) is -0.302. The molecule has 0 amide bonds. The maximum Gasteiger partial charge on any atom is 0.146 e. The van der Waals surface area contributed by atoms with E-state index in [1.165, 1.54) is 6.20 Å². The highest BCUT2D eigenvalue weighted by Crippen LogP contribution is 2.23. The van der Waals surface area contributed by atoms with Crippen molar-refractivity contribution in [1.29, 1.82) is 0 Å². The van der Waals surface area contributed by atoms with E-state index >= 15 is 0 Å². The molecule has 2 rings (SSSR count). The average Bonchev–Trinajstić information content (AvgIpc) is 2.38. The predicted molar refractivity (Wildman–Crippen MR) is 68.7 cm³/mol. The van der Waals surface area contributed by atoms with Crippen LogP contribution in [0.15, 0.2) is 36.8 Å². The van der Waals surface area contributed by atoms with Crippen molar-refractivity contribution < 1.29 is 4.39 Å². The molecule has 0 aliphatic heterocycles. The van der Waals surface area contributed by atoms with E-state index in [4.69, 9.17) is 0 Å². The first kappa shape index (κ1) is 12.6. The topological polar surface area (TPSA) is 37.8 Å². The summed E-state index contributed by atoms with van der Waals surface area (Å²) in [6.45, 7) is 4.67. The summed E-state index contributed by atoms with van der Waals surface area (Å²) in [6, 6.07) is 5.41. The highest BCUT2D eigenvalue weighted by atomic mass is 19.1. The summed E-state index contributed by atoms with van der Waals surface area (Å²) in [7, 11) is 0. The Morgan fingerprint density at radius 2 is 2.11 bits per heavy atom. The van der Waals surface area contributed by atoms with Crippen molar-refractivity contribution in [3.63, 3.8) is 0 Å². The molecule has 1 N–H and O–H groups in total.